The number of nitrogens with one attached hydrogen (secondary N) is 1. The summed E-state index contributed by atoms with van der Waals surface area (Å²) in [5.41, 5.74) is 0.668. The van der Waals surface area contributed by atoms with Gasteiger partial charge in [0.15, 0.2) is 11.6 Å². The maximum Gasteiger partial charge on any atom is 0.245 e. The Kier molecular flexibility index (Phi) is 6.25. The van der Waals surface area contributed by atoms with Gasteiger partial charge >= 0.3 is 0 Å². The van der Waals surface area contributed by atoms with Crippen molar-refractivity contribution in [2.24, 2.45) is 0 Å². The van der Waals surface area contributed by atoms with E-state index in [9.17, 15) is 18.4 Å². The number of hydrogen-bond donors (Lipinski definition) is 1. The molecular formula is C17H22F2N2O3. The Hall–Kier alpha value is -2.02. The summed E-state index contributed by atoms with van der Waals surface area (Å²) in [5.74, 6) is -2.17. The molecule has 1 N–H and O–H groups in total. The highest BCUT2D eigenvalue weighted by Gasteiger charge is 2.31. The van der Waals surface area contributed by atoms with Crippen LogP contribution in [0.4, 0.5) is 8.78 Å². The first-order chi connectivity index (χ1) is 11.4. The average Bonchev–Trinajstić information content (AvgIpc) is 2.55. The van der Waals surface area contributed by atoms with Crippen LogP contribution < -0.4 is 5.32 Å². The van der Waals surface area contributed by atoms with Gasteiger partial charge in [-0.05, 0) is 37.5 Å². The van der Waals surface area contributed by atoms with E-state index < -0.39 is 17.7 Å². The number of nitrogens with zero attached hydrogens (tertiary/aromatic N) is 1. The largest absolute Gasteiger partial charge is 0.377 e. The molecule has 1 saturated heterocycles. The molecule has 0 saturated carbocycles. The molecule has 1 heterocycles. The first-order valence-corrected chi connectivity index (χ1v) is 7.97. The van der Waals surface area contributed by atoms with Crippen LogP contribution in [-0.4, -0.2) is 48.6 Å². The van der Waals surface area contributed by atoms with Crippen molar-refractivity contribution in [1.82, 2.24) is 10.2 Å². The van der Waals surface area contributed by atoms with Gasteiger partial charge in [-0.2, -0.15) is 0 Å². The maximum absolute atomic E-state index is 13.2. The zero-order valence-corrected chi connectivity index (χ0v) is 13.9. The standard InChI is InChI=1S/C17H22F2N2O3/c1-11(3-4-13-5-6-14(18)15(19)9-13)20-17(23)16-10-24-8-7-21(16)12(2)22/h5-6,9,11,16H,3-4,7-8,10H2,1-2H3,(H,20,23)/t11-,16+/m0/s1. The molecule has 5 nitrogen and oxygen atoms in total. The number of rotatable bonds is 5. The lowest BCUT2D eigenvalue weighted by atomic mass is 10.1. The van der Waals surface area contributed by atoms with Gasteiger partial charge in [0.05, 0.1) is 13.2 Å². The zero-order chi connectivity index (χ0) is 17.7. The Morgan fingerprint density at radius 1 is 1.38 bits per heavy atom. The SMILES string of the molecule is CC(=O)N1CCOC[C@@H]1C(=O)N[C@@H](C)CCc1ccc(F)c(F)c1. The van der Waals surface area contributed by atoms with Crippen molar-refractivity contribution in [3.8, 4) is 0 Å². The molecule has 2 atom stereocenters. The number of amides is 2. The van der Waals surface area contributed by atoms with E-state index >= 15 is 0 Å². The molecule has 1 aromatic rings. The van der Waals surface area contributed by atoms with Crippen molar-refractivity contribution < 1.29 is 23.1 Å². The fourth-order valence-corrected chi connectivity index (χ4v) is 2.69. The number of aryl methyl sites for hydroxylation is 1. The van der Waals surface area contributed by atoms with E-state index in [1.807, 2.05) is 6.92 Å². The molecule has 1 fully saturated rings. The quantitative estimate of drug-likeness (QED) is 0.887. The van der Waals surface area contributed by atoms with Crippen LogP contribution in [0.3, 0.4) is 0 Å². The molecule has 1 aliphatic heterocycles. The number of carbonyl (C=O) groups excluding carboxylic acids is 2. The lowest BCUT2D eigenvalue weighted by Crippen LogP contribution is -2.56. The highest BCUT2D eigenvalue weighted by Crippen LogP contribution is 2.12. The molecule has 0 aromatic heterocycles. The van der Waals surface area contributed by atoms with Gasteiger partial charge in [-0.1, -0.05) is 6.07 Å². The van der Waals surface area contributed by atoms with Crippen molar-refractivity contribution in [1.29, 1.82) is 0 Å². The Morgan fingerprint density at radius 3 is 2.79 bits per heavy atom. The summed E-state index contributed by atoms with van der Waals surface area (Å²) in [6.07, 6.45) is 1.08. The summed E-state index contributed by atoms with van der Waals surface area (Å²) in [4.78, 5) is 25.4. The van der Waals surface area contributed by atoms with Gasteiger partial charge in [0.1, 0.15) is 6.04 Å². The van der Waals surface area contributed by atoms with E-state index in [-0.39, 0.29) is 24.5 Å². The van der Waals surface area contributed by atoms with Crippen molar-refractivity contribution in [2.75, 3.05) is 19.8 Å². The molecule has 0 bridgehead atoms. The van der Waals surface area contributed by atoms with E-state index in [2.05, 4.69) is 5.32 Å². The predicted octanol–water partition coefficient (Wildman–Crippen LogP) is 1.65. The number of hydrogen-bond acceptors (Lipinski definition) is 3. The summed E-state index contributed by atoms with van der Waals surface area (Å²) < 4.78 is 31.4. The molecule has 1 aromatic carbocycles. The van der Waals surface area contributed by atoms with E-state index in [0.29, 0.717) is 31.6 Å². The van der Waals surface area contributed by atoms with Crippen molar-refractivity contribution in [2.45, 2.75) is 38.8 Å². The second-order valence-electron chi connectivity index (χ2n) is 6.00. The van der Waals surface area contributed by atoms with Gasteiger partial charge in [0.2, 0.25) is 11.8 Å². The molecular weight excluding hydrogens is 318 g/mol. The zero-order valence-electron chi connectivity index (χ0n) is 13.9. The molecule has 7 heteroatoms. The predicted molar refractivity (Wildman–Crippen MR) is 84.3 cm³/mol. The van der Waals surface area contributed by atoms with Gasteiger partial charge in [-0.3, -0.25) is 9.59 Å². The monoisotopic (exact) mass is 340 g/mol. The topological polar surface area (TPSA) is 58.6 Å². The Balaban J connectivity index is 1.86. The van der Waals surface area contributed by atoms with E-state index in [0.717, 1.165) is 12.1 Å². The van der Waals surface area contributed by atoms with Gasteiger partial charge in [-0.15, -0.1) is 0 Å². The summed E-state index contributed by atoms with van der Waals surface area (Å²) in [6, 6.07) is 3.00. The summed E-state index contributed by atoms with van der Waals surface area (Å²) in [7, 11) is 0. The van der Waals surface area contributed by atoms with E-state index in [4.69, 9.17) is 4.74 Å². The van der Waals surface area contributed by atoms with Gasteiger partial charge < -0.3 is 15.0 Å². The summed E-state index contributed by atoms with van der Waals surface area (Å²) in [6.45, 7) is 4.27. The number of morpholine rings is 1. The number of benzene rings is 1. The van der Waals surface area contributed by atoms with Crippen LogP contribution in [0, 0.1) is 11.6 Å². The van der Waals surface area contributed by atoms with Gasteiger partial charge in [0, 0.05) is 19.5 Å². The third-order valence-electron chi connectivity index (χ3n) is 4.07. The molecule has 0 radical (unpaired) electrons. The maximum atomic E-state index is 13.2. The summed E-state index contributed by atoms with van der Waals surface area (Å²) in [5, 5.41) is 2.85. The Labute approximate surface area is 140 Å². The first-order valence-electron chi connectivity index (χ1n) is 7.97. The van der Waals surface area contributed by atoms with Crippen molar-refractivity contribution in [3.63, 3.8) is 0 Å². The molecule has 2 rings (SSSR count). The van der Waals surface area contributed by atoms with Crippen LogP contribution in [0.5, 0.6) is 0 Å². The molecule has 1 aliphatic rings. The minimum absolute atomic E-state index is 0.159. The van der Waals surface area contributed by atoms with Crippen LogP contribution >= 0.6 is 0 Å². The minimum atomic E-state index is -0.874. The first kappa shape index (κ1) is 18.3. The molecule has 0 spiro atoms. The third-order valence-corrected chi connectivity index (χ3v) is 4.07. The van der Waals surface area contributed by atoms with E-state index in [1.165, 1.54) is 17.9 Å². The summed E-state index contributed by atoms with van der Waals surface area (Å²) >= 11 is 0. The molecule has 2 amide bonds. The highest BCUT2D eigenvalue weighted by molar-refractivity contribution is 5.87. The fraction of sp³-hybridized carbons (Fsp3) is 0.529. The highest BCUT2D eigenvalue weighted by atomic mass is 19.2. The van der Waals surface area contributed by atoms with E-state index in [1.54, 1.807) is 0 Å². The van der Waals surface area contributed by atoms with Crippen molar-refractivity contribution >= 4 is 11.8 Å². The average molecular weight is 340 g/mol. The Bertz CT molecular complexity index is 609. The smallest absolute Gasteiger partial charge is 0.245 e. The lowest BCUT2D eigenvalue weighted by Gasteiger charge is -2.34. The van der Waals surface area contributed by atoms with Crippen LogP contribution in [-0.2, 0) is 20.7 Å². The number of carbonyl (C=O) groups is 2. The fourth-order valence-electron chi connectivity index (χ4n) is 2.69. The number of halogens is 2. The molecule has 0 unspecified atom stereocenters. The van der Waals surface area contributed by atoms with Crippen molar-refractivity contribution in [3.05, 3.63) is 35.4 Å². The third kappa shape index (κ3) is 4.74. The Morgan fingerprint density at radius 2 is 2.12 bits per heavy atom. The van der Waals surface area contributed by atoms with Gasteiger partial charge in [0.25, 0.3) is 0 Å². The number of ether oxygens (including phenoxy) is 1. The van der Waals surface area contributed by atoms with Crippen LogP contribution in [0.15, 0.2) is 18.2 Å². The van der Waals surface area contributed by atoms with Gasteiger partial charge in [-0.25, -0.2) is 8.78 Å². The minimum Gasteiger partial charge on any atom is -0.377 e. The molecule has 132 valence electrons. The lowest BCUT2D eigenvalue weighted by molar-refractivity contribution is -0.147. The molecule has 24 heavy (non-hydrogen) atoms. The second-order valence-corrected chi connectivity index (χ2v) is 6.00. The normalized spacial score (nSPS) is 19.0. The second kappa shape index (κ2) is 8.19. The van der Waals surface area contributed by atoms with Crippen LogP contribution in [0.25, 0.3) is 0 Å². The van der Waals surface area contributed by atoms with Crippen LogP contribution in [0.2, 0.25) is 0 Å². The van der Waals surface area contributed by atoms with Crippen LogP contribution in [0.1, 0.15) is 25.8 Å². The molecule has 0 aliphatic carbocycles.